The Balaban J connectivity index is 1.55. The summed E-state index contributed by atoms with van der Waals surface area (Å²) < 4.78 is 11.1. The lowest BCUT2D eigenvalue weighted by Gasteiger charge is -2.19. The summed E-state index contributed by atoms with van der Waals surface area (Å²) in [5, 5.41) is 0.781. The zero-order valence-corrected chi connectivity index (χ0v) is 14.1. The minimum Gasteiger partial charge on any atom is -0.486 e. The van der Waals surface area contributed by atoms with Crippen LogP contribution in [0, 0.1) is 0 Å². The van der Waals surface area contributed by atoms with Crippen LogP contribution in [0.25, 0.3) is 10.9 Å². The van der Waals surface area contributed by atoms with Gasteiger partial charge in [0.1, 0.15) is 13.2 Å². The first-order valence-corrected chi connectivity index (χ1v) is 8.77. The van der Waals surface area contributed by atoms with Crippen molar-refractivity contribution in [3.8, 4) is 11.5 Å². The van der Waals surface area contributed by atoms with Crippen molar-refractivity contribution in [1.29, 1.82) is 0 Å². The molecule has 0 radical (unpaired) electrons. The van der Waals surface area contributed by atoms with Gasteiger partial charge in [-0.1, -0.05) is 18.2 Å². The molecule has 2 heterocycles. The average molecular weight is 339 g/mol. The molecule has 0 spiro atoms. The van der Waals surface area contributed by atoms with Crippen LogP contribution in [0.4, 0.5) is 0 Å². The van der Waals surface area contributed by atoms with E-state index in [9.17, 15) is 4.79 Å². The number of H-pyrrole nitrogens is 1. The first-order valence-electron chi connectivity index (χ1n) is 7.89. The van der Waals surface area contributed by atoms with Crippen molar-refractivity contribution in [2.24, 2.45) is 0 Å². The molecule has 1 N–H and O–H groups in total. The molecule has 1 aliphatic heterocycles. The molecule has 3 aromatic rings. The van der Waals surface area contributed by atoms with Gasteiger partial charge in [-0.2, -0.15) is 0 Å². The lowest BCUT2D eigenvalue weighted by Crippen LogP contribution is -2.15. The number of para-hydroxylation sites is 1. The Labute approximate surface area is 144 Å². The fourth-order valence-corrected chi connectivity index (χ4v) is 3.81. The van der Waals surface area contributed by atoms with E-state index in [-0.39, 0.29) is 11.0 Å². The number of ether oxygens (including phenoxy) is 2. The van der Waals surface area contributed by atoms with E-state index in [0.717, 1.165) is 32.9 Å². The second-order valence-corrected chi connectivity index (χ2v) is 7.09. The number of Topliss-reactive ketones (excluding diaryl/α,β-unsaturated/α-hetero) is 1. The van der Waals surface area contributed by atoms with Gasteiger partial charge in [0.25, 0.3) is 0 Å². The molecule has 0 amide bonds. The van der Waals surface area contributed by atoms with Gasteiger partial charge in [-0.15, -0.1) is 11.8 Å². The molecule has 0 aliphatic carbocycles. The quantitative estimate of drug-likeness (QED) is 0.569. The van der Waals surface area contributed by atoms with Gasteiger partial charge in [0.2, 0.25) is 0 Å². The van der Waals surface area contributed by atoms with E-state index in [2.05, 4.69) is 4.98 Å². The number of fused-ring (bicyclic) bond motifs is 2. The number of carbonyl (C=O) groups is 1. The molecule has 0 unspecified atom stereocenters. The third-order valence-electron chi connectivity index (χ3n) is 4.05. The van der Waals surface area contributed by atoms with Crippen molar-refractivity contribution in [2.75, 3.05) is 13.2 Å². The first-order chi connectivity index (χ1) is 11.7. The lowest BCUT2D eigenvalue weighted by atomic mass is 10.1. The number of hydrogen-bond donors (Lipinski definition) is 1. The summed E-state index contributed by atoms with van der Waals surface area (Å²) in [6.07, 6.45) is 1.80. The number of benzene rings is 2. The Morgan fingerprint density at radius 1 is 1.12 bits per heavy atom. The molecule has 1 atom stereocenters. The average Bonchev–Trinajstić information content (AvgIpc) is 3.05. The predicted octanol–water partition coefficient (Wildman–Crippen LogP) is 4.30. The number of carbonyl (C=O) groups excluding carboxylic acids is 1. The standard InChI is InChI=1S/C19H17NO3S/c1-12(19(21)15-11-20-16-5-3-2-4-14(15)16)24-13-6-7-17-18(10-13)23-9-8-22-17/h2-7,10-12,20H,8-9H2,1H3/t12-/m1/s1. The van der Waals surface area contributed by atoms with Crippen LogP contribution in [0.3, 0.4) is 0 Å². The fourth-order valence-electron chi connectivity index (χ4n) is 2.85. The molecule has 0 saturated carbocycles. The fraction of sp³-hybridized carbons (Fsp3) is 0.211. The molecule has 24 heavy (non-hydrogen) atoms. The Morgan fingerprint density at radius 3 is 2.79 bits per heavy atom. The van der Waals surface area contributed by atoms with Gasteiger partial charge in [-0.3, -0.25) is 4.79 Å². The van der Waals surface area contributed by atoms with Crippen molar-refractivity contribution < 1.29 is 14.3 Å². The van der Waals surface area contributed by atoms with E-state index < -0.39 is 0 Å². The number of aromatic nitrogens is 1. The van der Waals surface area contributed by atoms with E-state index in [1.807, 2.05) is 49.4 Å². The van der Waals surface area contributed by atoms with Crippen molar-refractivity contribution in [3.63, 3.8) is 0 Å². The summed E-state index contributed by atoms with van der Waals surface area (Å²) >= 11 is 1.53. The molecule has 122 valence electrons. The van der Waals surface area contributed by atoms with Crippen LogP contribution in [-0.4, -0.2) is 29.2 Å². The van der Waals surface area contributed by atoms with Crippen molar-refractivity contribution >= 4 is 28.4 Å². The van der Waals surface area contributed by atoms with Gasteiger partial charge in [-0.05, 0) is 31.2 Å². The molecular weight excluding hydrogens is 322 g/mol. The molecule has 5 heteroatoms. The van der Waals surface area contributed by atoms with Crippen molar-refractivity contribution in [1.82, 2.24) is 4.98 Å². The minimum absolute atomic E-state index is 0.118. The Hall–Kier alpha value is -2.40. The molecule has 2 aromatic carbocycles. The molecule has 0 bridgehead atoms. The Morgan fingerprint density at radius 2 is 1.92 bits per heavy atom. The highest BCUT2D eigenvalue weighted by Gasteiger charge is 2.21. The van der Waals surface area contributed by atoms with E-state index in [4.69, 9.17) is 9.47 Å². The van der Waals surface area contributed by atoms with Gasteiger partial charge < -0.3 is 14.5 Å². The highest BCUT2D eigenvalue weighted by atomic mass is 32.2. The molecular formula is C19H17NO3S. The Kier molecular flexibility index (Phi) is 3.94. The van der Waals surface area contributed by atoms with Gasteiger partial charge in [0.15, 0.2) is 17.3 Å². The topological polar surface area (TPSA) is 51.3 Å². The van der Waals surface area contributed by atoms with Crippen LogP contribution in [0.15, 0.2) is 53.6 Å². The van der Waals surface area contributed by atoms with Crippen molar-refractivity contribution in [3.05, 3.63) is 54.2 Å². The van der Waals surface area contributed by atoms with Crippen LogP contribution in [-0.2, 0) is 0 Å². The number of hydrogen-bond acceptors (Lipinski definition) is 4. The largest absolute Gasteiger partial charge is 0.486 e. The molecule has 4 rings (SSSR count). The summed E-state index contributed by atoms with van der Waals surface area (Å²) in [5.74, 6) is 1.63. The third-order valence-corrected chi connectivity index (χ3v) is 5.14. The third kappa shape index (κ3) is 2.76. The SMILES string of the molecule is C[C@@H](Sc1ccc2c(c1)OCCO2)C(=O)c1c[nH]c2ccccc12. The molecule has 4 nitrogen and oxygen atoms in total. The molecule has 1 aliphatic rings. The maximum atomic E-state index is 12.8. The zero-order chi connectivity index (χ0) is 16.5. The van der Waals surface area contributed by atoms with Crippen LogP contribution in [0.5, 0.6) is 11.5 Å². The number of aromatic amines is 1. The number of rotatable bonds is 4. The number of thioether (sulfide) groups is 1. The normalized spacial score (nSPS) is 14.5. The summed E-state index contributed by atoms with van der Waals surface area (Å²) in [6, 6.07) is 13.7. The van der Waals surface area contributed by atoms with Crippen molar-refractivity contribution in [2.45, 2.75) is 17.1 Å². The highest BCUT2D eigenvalue weighted by Crippen LogP contribution is 2.36. The molecule has 0 fully saturated rings. The highest BCUT2D eigenvalue weighted by molar-refractivity contribution is 8.00. The van der Waals surface area contributed by atoms with Gasteiger partial charge in [0, 0.05) is 27.6 Å². The first kappa shape index (κ1) is 15.1. The summed E-state index contributed by atoms with van der Waals surface area (Å²) in [6.45, 7) is 3.07. The minimum atomic E-state index is -0.188. The van der Waals surface area contributed by atoms with Gasteiger partial charge >= 0.3 is 0 Å². The van der Waals surface area contributed by atoms with E-state index in [0.29, 0.717) is 13.2 Å². The smallest absolute Gasteiger partial charge is 0.178 e. The monoisotopic (exact) mass is 339 g/mol. The predicted molar refractivity (Wildman–Crippen MR) is 95.4 cm³/mol. The van der Waals surface area contributed by atoms with E-state index >= 15 is 0 Å². The van der Waals surface area contributed by atoms with E-state index in [1.165, 1.54) is 11.8 Å². The molecule has 0 saturated heterocycles. The summed E-state index contributed by atoms with van der Waals surface area (Å²) in [4.78, 5) is 17.0. The van der Waals surface area contributed by atoms with Crippen LogP contribution in [0.2, 0.25) is 0 Å². The van der Waals surface area contributed by atoms with Crippen LogP contribution < -0.4 is 9.47 Å². The van der Waals surface area contributed by atoms with Crippen LogP contribution in [0.1, 0.15) is 17.3 Å². The van der Waals surface area contributed by atoms with E-state index in [1.54, 1.807) is 6.20 Å². The second kappa shape index (κ2) is 6.24. The summed E-state index contributed by atoms with van der Waals surface area (Å²) in [5.41, 5.74) is 1.72. The van der Waals surface area contributed by atoms with Gasteiger partial charge in [-0.25, -0.2) is 0 Å². The maximum Gasteiger partial charge on any atom is 0.178 e. The summed E-state index contributed by atoms with van der Waals surface area (Å²) in [7, 11) is 0. The zero-order valence-electron chi connectivity index (χ0n) is 13.2. The second-order valence-electron chi connectivity index (χ2n) is 5.68. The van der Waals surface area contributed by atoms with Gasteiger partial charge in [0.05, 0.1) is 5.25 Å². The molecule has 1 aromatic heterocycles. The number of ketones is 1. The Bertz CT molecular complexity index is 903. The number of nitrogens with one attached hydrogen (secondary N) is 1. The maximum absolute atomic E-state index is 12.8. The van der Waals surface area contributed by atoms with Crippen LogP contribution >= 0.6 is 11.8 Å². The lowest BCUT2D eigenvalue weighted by molar-refractivity contribution is 0.0995.